The van der Waals surface area contributed by atoms with Gasteiger partial charge in [-0.3, -0.25) is 0 Å². The highest BCUT2D eigenvalue weighted by molar-refractivity contribution is 4.80. The van der Waals surface area contributed by atoms with E-state index in [1.54, 1.807) is 0 Å². The number of nitrogens with zero attached hydrogens (tertiary/aromatic N) is 1. The molecule has 1 aliphatic rings. The molecule has 0 unspecified atom stereocenters. The number of aliphatic hydroxyl groups is 1. The summed E-state index contributed by atoms with van der Waals surface area (Å²) in [6, 6.07) is 0. The van der Waals surface area contributed by atoms with E-state index in [1.807, 2.05) is 0 Å². The maximum absolute atomic E-state index is 8.71. The maximum Gasteiger partial charge on any atom is 0.0431 e. The first-order valence-electron chi connectivity index (χ1n) is 7.37. The van der Waals surface area contributed by atoms with Gasteiger partial charge in [0.05, 0.1) is 0 Å². The fourth-order valence-corrected chi connectivity index (χ4v) is 2.82. The number of piperidine rings is 1. The van der Waals surface area contributed by atoms with Gasteiger partial charge in [0.1, 0.15) is 0 Å². The Labute approximate surface area is 107 Å². The molecule has 0 saturated carbocycles. The number of hydrogen-bond donors (Lipinski definition) is 1. The Kier molecular flexibility index (Phi) is 6.50. The van der Waals surface area contributed by atoms with Gasteiger partial charge >= 0.3 is 0 Å². The van der Waals surface area contributed by atoms with Crippen LogP contribution >= 0.6 is 0 Å². The molecule has 0 aromatic heterocycles. The molecule has 0 aromatic carbocycles. The summed E-state index contributed by atoms with van der Waals surface area (Å²) >= 11 is 0. The van der Waals surface area contributed by atoms with Gasteiger partial charge in [0, 0.05) is 6.61 Å². The Morgan fingerprint density at radius 3 is 2.12 bits per heavy atom. The largest absolute Gasteiger partial charge is 0.396 e. The molecular weight excluding hydrogens is 210 g/mol. The SMILES string of the molecule is CC(C)(C)C1CCN(CCCCCCO)CC1. The first-order valence-corrected chi connectivity index (χ1v) is 7.37. The highest BCUT2D eigenvalue weighted by atomic mass is 16.2. The van der Waals surface area contributed by atoms with Gasteiger partial charge < -0.3 is 10.0 Å². The standard InChI is InChI=1S/C15H31NO/c1-15(2,3)14-8-11-16(12-9-14)10-6-4-5-7-13-17/h14,17H,4-13H2,1-3H3. The van der Waals surface area contributed by atoms with Crippen molar-refractivity contribution in [1.29, 1.82) is 0 Å². The van der Waals surface area contributed by atoms with Crippen LogP contribution in [-0.4, -0.2) is 36.2 Å². The van der Waals surface area contributed by atoms with Gasteiger partial charge in [-0.1, -0.05) is 33.6 Å². The van der Waals surface area contributed by atoms with Crippen LogP contribution in [0.1, 0.15) is 59.3 Å². The fourth-order valence-electron chi connectivity index (χ4n) is 2.82. The molecule has 17 heavy (non-hydrogen) atoms. The Balaban J connectivity index is 2.07. The normalized spacial score (nSPS) is 19.8. The minimum absolute atomic E-state index is 0.358. The van der Waals surface area contributed by atoms with Crippen molar-refractivity contribution in [2.75, 3.05) is 26.2 Å². The van der Waals surface area contributed by atoms with E-state index in [4.69, 9.17) is 5.11 Å². The van der Waals surface area contributed by atoms with Gasteiger partial charge in [-0.05, 0) is 56.7 Å². The summed E-state index contributed by atoms with van der Waals surface area (Å²) in [6.07, 6.45) is 7.50. The van der Waals surface area contributed by atoms with Gasteiger partial charge in [-0.2, -0.15) is 0 Å². The molecule has 1 N–H and O–H groups in total. The molecule has 0 aromatic rings. The number of likely N-dealkylation sites (tertiary alicyclic amines) is 1. The van der Waals surface area contributed by atoms with E-state index in [0.29, 0.717) is 12.0 Å². The van der Waals surface area contributed by atoms with Crippen molar-refractivity contribution in [1.82, 2.24) is 4.90 Å². The molecule has 102 valence electrons. The Morgan fingerprint density at radius 1 is 1.00 bits per heavy atom. The molecule has 0 amide bonds. The second-order valence-electron chi connectivity index (χ2n) is 6.62. The van der Waals surface area contributed by atoms with Crippen LogP contribution in [0.15, 0.2) is 0 Å². The molecule has 0 bridgehead atoms. The summed E-state index contributed by atoms with van der Waals surface area (Å²) in [5.74, 6) is 0.910. The summed E-state index contributed by atoms with van der Waals surface area (Å²) in [5.41, 5.74) is 0.493. The summed E-state index contributed by atoms with van der Waals surface area (Å²) in [7, 11) is 0. The number of aliphatic hydroxyl groups excluding tert-OH is 1. The summed E-state index contributed by atoms with van der Waals surface area (Å²) in [4.78, 5) is 2.63. The monoisotopic (exact) mass is 241 g/mol. The third kappa shape index (κ3) is 5.87. The van der Waals surface area contributed by atoms with E-state index in [0.717, 1.165) is 12.3 Å². The van der Waals surface area contributed by atoms with Gasteiger partial charge in [0.2, 0.25) is 0 Å². The molecular formula is C15H31NO. The van der Waals surface area contributed by atoms with E-state index in [-0.39, 0.29) is 0 Å². The maximum atomic E-state index is 8.71. The second-order valence-corrected chi connectivity index (χ2v) is 6.62. The molecule has 1 fully saturated rings. The zero-order valence-electron chi connectivity index (χ0n) is 12.0. The Bertz CT molecular complexity index is 190. The van der Waals surface area contributed by atoms with E-state index >= 15 is 0 Å². The van der Waals surface area contributed by atoms with Gasteiger partial charge in [-0.25, -0.2) is 0 Å². The lowest BCUT2D eigenvalue weighted by Gasteiger charge is -2.38. The van der Waals surface area contributed by atoms with Gasteiger partial charge in [0.15, 0.2) is 0 Å². The topological polar surface area (TPSA) is 23.5 Å². The van der Waals surface area contributed by atoms with Crippen molar-refractivity contribution in [2.24, 2.45) is 11.3 Å². The van der Waals surface area contributed by atoms with Crippen LogP contribution in [0, 0.1) is 11.3 Å². The summed E-state index contributed by atoms with van der Waals surface area (Å²) in [5, 5.41) is 8.71. The van der Waals surface area contributed by atoms with Crippen LogP contribution in [0.3, 0.4) is 0 Å². The van der Waals surface area contributed by atoms with Crippen LogP contribution in [0.25, 0.3) is 0 Å². The summed E-state index contributed by atoms with van der Waals surface area (Å²) in [6.45, 7) is 11.3. The first kappa shape index (κ1) is 15.0. The lowest BCUT2D eigenvalue weighted by molar-refractivity contribution is 0.111. The molecule has 1 rings (SSSR count). The minimum atomic E-state index is 0.358. The van der Waals surface area contributed by atoms with Gasteiger partial charge in [0.25, 0.3) is 0 Å². The Hall–Kier alpha value is -0.0800. The molecule has 1 aliphatic heterocycles. The molecule has 2 nitrogen and oxygen atoms in total. The molecule has 0 aliphatic carbocycles. The molecule has 0 atom stereocenters. The van der Waals surface area contributed by atoms with Crippen molar-refractivity contribution < 1.29 is 5.11 Å². The van der Waals surface area contributed by atoms with E-state index < -0.39 is 0 Å². The predicted molar refractivity (Wildman–Crippen MR) is 74.2 cm³/mol. The average molecular weight is 241 g/mol. The van der Waals surface area contributed by atoms with Crippen molar-refractivity contribution >= 4 is 0 Å². The lowest BCUT2D eigenvalue weighted by Crippen LogP contribution is -2.38. The van der Waals surface area contributed by atoms with Gasteiger partial charge in [-0.15, -0.1) is 0 Å². The van der Waals surface area contributed by atoms with Crippen molar-refractivity contribution in [2.45, 2.75) is 59.3 Å². The lowest BCUT2D eigenvalue weighted by atomic mass is 9.75. The minimum Gasteiger partial charge on any atom is -0.396 e. The molecule has 1 saturated heterocycles. The van der Waals surface area contributed by atoms with E-state index in [9.17, 15) is 0 Å². The fraction of sp³-hybridized carbons (Fsp3) is 1.00. The molecule has 0 radical (unpaired) electrons. The summed E-state index contributed by atoms with van der Waals surface area (Å²) < 4.78 is 0. The van der Waals surface area contributed by atoms with E-state index in [2.05, 4.69) is 25.7 Å². The van der Waals surface area contributed by atoms with Crippen LogP contribution in [0.4, 0.5) is 0 Å². The number of rotatable bonds is 6. The molecule has 2 heteroatoms. The first-order chi connectivity index (χ1) is 8.04. The highest BCUT2D eigenvalue weighted by Crippen LogP contribution is 2.34. The number of hydrogen-bond acceptors (Lipinski definition) is 2. The van der Waals surface area contributed by atoms with Crippen LogP contribution in [0.5, 0.6) is 0 Å². The van der Waals surface area contributed by atoms with E-state index in [1.165, 1.54) is 51.7 Å². The van der Waals surface area contributed by atoms with Crippen molar-refractivity contribution in [3.05, 3.63) is 0 Å². The molecule has 1 heterocycles. The molecule has 0 spiro atoms. The zero-order valence-corrected chi connectivity index (χ0v) is 12.0. The van der Waals surface area contributed by atoms with Crippen molar-refractivity contribution in [3.63, 3.8) is 0 Å². The average Bonchev–Trinajstić information content (AvgIpc) is 2.28. The van der Waals surface area contributed by atoms with Crippen LogP contribution in [0.2, 0.25) is 0 Å². The second kappa shape index (κ2) is 7.38. The highest BCUT2D eigenvalue weighted by Gasteiger charge is 2.28. The van der Waals surface area contributed by atoms with Crippen LogP contribution in [-0.2, 0) is 0 Å². The smallest absolute Gasteiger partial charge is 0.0431 e. The quantitative estimate of drug-likeness (QED) is 0.721. The zero-order chi connectivity index (χ0) is 12.7. The predicted octanol–water partition coefficient (Wildman–Crippen LogP) is 3.30. The third-order valence-corrected chi connectivity index (χ3v) is 4.19. The number of unbranched alkanes of at least 4 members (excludes halogenated alkanes) is 3. The van der Waals surface area contributed by atoms with Crippen LogP contribution < -0.4 is 0 Å². The van der Waals surface area contributed by atoms with Crippen molar-refractivity contribution in [3.8, 4) is 0 Å². The Morgan fingerprint density at radius 2 is 1.59 bits per heavy atom. The third-order valence-electron chi connectivity index (χ3n) is 4.19.